The summed E-state index contributed by atoms with van der Waals surface area (Å²) in [5.41, 5.74) is 3.03. The molecular weight excluding hydrogens is 259 g/mol. The fraction of sp³-hybridized carbons (Fsp3) is 0.0714. The van der Waals surface area contributed by atoms with E-state index in [4.69, 9.17) is 5.26 Å². The van der Waals surface area contributed by atoms with Crippen LogP contribution in [0.25, 0.3) is 0 Å². The SMILES string of the molecule is Cn1cccc1/C=N\NC(=O)c1ccc(C#N)cc1F. The largest absolute Gasteiger partial charge is 0.350 e. The summed E-state index contributed by atoms with van der Waals surface area (Å²) in [6, 6.07) is 9.09. The Bertz CT molecular complexity index is 712. The predicted molar refractivity (Wildman–Crippen MR) is 71.6 cm³/mol. The van der Waals surface area contributed by atoms with Crippen LogP contribution in [0.2, 0.25) is 0 Å². The molecule has 1 heterocycles. The number of nitrogens with one attached hydrogen (secondary N) is 1. The second-order valence-electron chi connectivity index (χ2n) is 4.05. The zero-order valence-corrected chi connectivity index (χ0v) is 10.7. The number of hydrazone groups is 1. The molecule has 1 aromatic heterocycles. The summed E-state index contributed by atoms with van der Waals surface area (Å²) in [6.07, 6.45) is 3.29. The Morgan fingerprint density at radius 1 is 1.50 bits per heavy atom. The van der Waals surface area contributed by atoms with Gasteiger partial charge in [0.2, 0.25) is 0 Å². The van der Waals surface area contributed by atoms with E-state index in [0.717, 1.165) is 11.8 Å². The molecule has 0 aliphatic heterocycles. The van der Waals surface area contributed by atoms with Crippen molar-refractivity contribution in [3.63, 3.8) is 0 Å². The summed E-state index contributed by atoms with van der Waals surface area (Å²) in [6.45, 7) is 0. The van der Waals surface area contributed by atoms with E-state index in [1.807, 2.05) is 29.9 Å². The first-order chi connectivity index (χ1) is 9.61. The van der Waals surface area contributed by atoms with E-state index < -0.39 is 11.7 Å². The van der Waals surface area contributed by atoms with Crippen LogP contribution in [0.1, 0.15) is 21.6 Å². The minimum atomic E-state index is -0.754. The summed E-state index contributed by atoms with van der Waals surface area (Å²) >= 11 is 0. The first-order valence-electron chi connectivity index (χ1n) is 5.76. The molecule has 100 valence electrons. The third-order valence-corrected chi connectivity index (χ3v) is 2.69. The van der Waals surface area contributed by atoms with Crippen molar-refractivity contribution >= 4 is 12.1 Å². The molecule has 0 aliphatic rings. The van der Waals surface area contributed by atoms with E-state index >= 15 is 0 Å². The minimum absolute atomic E-state index is 0.159. The number of nitrogens with zero attached hydrogens (tertiary/aromatic N) is 3. The molecule has 1 aromatic carbocycles. The quantitative estimate of drug-likeness (QED) is 0.682. The molecule has 0 radical (unpaired) electrons. The molecule has 0 atom stereocenters. The minimum Gasteiger partial charge on any atom is -0.350 e. The van der Waals surface area contributed by atoms with Crippen molar-refractivity contribution in [3.8, 4) is 6.07 Å². The van der Waals surface area contributed by atoms with Gasteiger partial charge in [0, 0.05) is 13.2 Å². The predicted octanol–water partition coefficient (Wildman–Crippen LogP) is 1.80. The van der Waals surface area contributed by atoms with Crippen molar-refractivity contribution in [2.75, 3.05) is 0 Å². The standard InChI is InChI=1S/C14H11FN4O/c1-19-6-2-3-11(19)9-17-18-14(20)12-5-4-10(8-16)7-13(12)15/h2-7,9H,1H3,(H,18,20)/b17-9-. The average Bonchev–Trinajstić information content (AvgIpc) is 2.84. The van der Waals surface area contributed by atoms with Crippen molar-refractivity contribution in [1.82, 2.24) is 9.99 Å². The Hall–Kier alpha value is -2.94. The van der Waals surface area contributed by atoms with Crippen molar-refractivity contribution in [3.05, 3.63) is 59.2 Å². The monoisotopic (exact) mass is 270 g/mol. The van der Waals surface area contributed by atoms with Crippen molar-refractivity contribution < 1.29 is 9.18 Å². The van der Waals surface area contributed by atoms with Crippen molar-refractivity contribution in [2.45, 2.75) is 0 Å². The van der Waals surface area contributed by atoms with Crippen LogP contribution < -0.4 is 5.43 Å². The number of hydrogen-bond donors (Lipinski definition) is 1. The van der Waals surface area contributed by atoms with Crippen LogP contribution in [0.5, 0.6) is 0 Å². The molecule has 0 saturated heterocycles. The highest BCUT2D eigenvalue weighted by molar-refractivity contribution is 5.95. The van der Waals surface area contributed by atoms with Gasteiger partial charge < -0.3 is 4.57 Å². The van der Waals surface area contributed by atoms with Gasteiger partial charge in [0.1, 0.15) is 5.82 Å². The van der Waals surface area contributed by atoms with Crippen LogP contribution in [0, 0.1) is 17.1 Å². The van der Waals surface area contributed by atoms with Crippen LogP contribution in [0.4, 0.5) is 4.39 Å². The van der Waals surface area contributed by atoms with E-state index in [9.17, 15) is 9.18 Å². The number of benzene rings is 1. The molecule has 0 spiro atoms. The molecule has 0 unspecified atom stereocenters. The highest BCUT2D eigenvalue weighted by Crippen LogP contribution is 2.09. The molecule has 0 saturated carbocycles. The molecule has 1 N–H and O–H groups in total. The second kappa shape index (κ2) is 5.80. The van der Waals surface area contributed by atoms with Crippen molar-refractivity contribution in [1.29, 1.82) is 5.26 Å². The van der Waals surface area contributed by atoms with Crippen LogP contribution in [0.15, 0.2) is 41.6 Å². The number of carbonyl (C=O) groups excluding carboxylic acids is 1. The van der Waals surface area contributed by atoms with Gasteiger partial charge in [0.05, 0.1) is 29.1 Å². The molecule has 1 amide bonds. The summed E-state index contributed by atoms with van der Waals surface area (Å²) in [5, 5.41) is 12.4. The number of aryl methyl sites for hydroxylation is 1. The topological polar surface area (TPSA) is 70.2 Å². The van der Waals surface area contributed by atoms with E-state index in [-0.39, 0.29) is 11.1 Å². The van der Waals surface area contributed by atoms with Gasteiger partial charge in [0.25, 0.3) is 5.91 Å². The van der Waals surface area contributed by atoms with Gasteiger partial charge in [-0.25, -0.2) is 9.82 Å². The maximum Gasteiger partial charge on any atom is 0.274 e. The molecular formula is C14H11FN4O. The second-order valence-corrected chi connectivity index (χ2v) is 4.05. The fourth-order valence-electron chi connectivity index (χ4n) is 1.59. The van der Waals surface area contributed by atoms with Gasteiger partial charge in [-0.3, -0.25) is 4.79 Å². The number of hydrogen-bond acceptors (Lipinski definition) is 3. The maximum atomic E-state index is 13.6. The molecule has 0 bridgehead atoms. The lowest BCUT2D eigenvalue weighted by molar-refractivity contribution is 0.0951. The first-order valence-corrected chi connectivity index (χ1v) is 5.76. The van der Waals surface area contributed by atoms with Crippen LogP contribution in [-0.2, 0) is 7.05 Å². The third kappa shape index (κ3) is 2.90. The van der Waals surface area contributed by atoms with Gasteiger partial charge in [-0.15, -0.1) is 0 Å². The Labute approximate surface area is 115 Å². The van der Waals surface area contributed by atoms with E-state index in [2.05, 4.69) is 10.5 Å². The number of halogens is 1. The number of nitriles is 1. The van der Waals surface area contributed by atoms with Gasteiger partial charge in [-0.2, -0.15) is 10.4 Å². The Balaban J connectivity index is 2.08. The first kappa shape index (κ1) is 13.5. The maximum absolute atomic E-state index is 13.6. The number of amides is 1. The number of rotatable bonds is 3. The Morgan fingerprint density at radius 3 is 2.90 bits per heavy atom. The molecule has 6 heteroatoms. The van der Waals surface area contributed by atoms with E-state index in [1.54, 1.807) is 6.07 Å². The number of aromatic nitrogens is 1. The lowest BCUT2D eigenvalue weighted by Gasteiger charge is -2.02. The lowest BCUT2D eigenvalue weighted by atomic mass is 10.1. The zero-order valence-electron chi connectivity index (χ0n) is 10.7. The van der Waals surface area contributed by atoms with Gasteiger partial charge in [0.15, 0.2) is 0 Å². The van der Waals surface area contributed by atoms with E-state index in [1.165, 1.54) is 18.3 Å². The van der Waals surface area contributed by atoms with E-state index in [0.29, 0.717) is 0 Å². The Kier molecular flexibility index (Phi) is 3.91. The molecule has 0 aliphatic carbocycles. The lowest BCUT2D eigenvalue weighted by Crippen LogP contribution is -2.19. The van der Waals surface area contributed by atoms with Gasteiger partial charge in [-0.05, 0) is 30.3 Å². The Morgan fingerprint density at radius 2 is 2.30 bits per heavy atom. The third-order valence-electron chi connectivity index (χ3n) is 2.69. The molecule has 0 fully saturated rings. The van der Waals surface area contributed by atoms with Gasteiger partial charge >= 0.3 is 0 Å². The van der Waals surface area contributed by atoms with Crippen LogP contribution in [0.3, 0.4) is 0 Å². The average molecular weight is 270 g/mol. The zero-order chi connectivity index (χ0) is 14.5. The summed E-state index contributed by atoms with van der Waals surface area (Å²) in [4.78, 5) is 11.7. The van der Waals surface area contributed by atoms with Crippen molar-refractivity contribution in [2.24, 2.45) is 12.1 Å². The highest BCUT2D eigenvalue weighted by atomic mass is 19.1. The van der Waals surface area contributed by atoms with Crippen LogP contribution >= 0.6 is 0 Å². The highest BCUT2D eigenvalue weighted by Gasteiger charge is 2.11. The summed E-state index contributed by atoms with van der Waals surface area (Å²) in [5.74, 6) is -1.42. The summed E-state index contributed by atoms with van der Waals surface area (Å²) in [7, 11) is 1.84. The van der Waals surface area contributed by atoms with Crippen LogP contribution in [-0.4, -0.2) is 16.7 Å². The molecule has 2 rings (SSSR count). The summed E-state index contributed by atoms with van der Waals surface area (Å²) < 4.78 is 15.4. The fourth-order valence-corrected chi connectivity index (χ4v) is 1.59. The molecule has 5 nitrogen and oxygen atoms in total. The molecule has 2 aromatic rings. The normalized spacial score (nSPS) is 10.4. The number of carbonyl (C=O) groups is 1. The van der Waals surface area contributed by atoms with Gasteiger partial charge in [-0.1, -0.05) is 0 Å². The smallest absolute Gasteiger partial charge is 0.274 e. The molecule has 20 heavy (non-hydrogen) atoms.